The lowest BCUT2D eigenvalue weighted by atomic mass is 10.2. The molecule has 4 rings (SSSR count). The lowest BCUT2D eigenvalue weighted by molar-refractivity contribution is 0.342. The Bertz CT molecular complexity index is 1260. The average Bonchev–Trinajstić information content (AvgIpc) is 2.78. The molecule has 0 radical (unpaired) electrons. The molecule has 0 aliphatic rings. The van der Waals surface area contributed by atoms with Crippen molar-refractivity contribution >= 4 is 45.9 Å². The summed E-state index contributed by atoms with van der Waals surface area (Å²) in [5.41, 5.74) is 1.08. The van der Waals surface area contributed by atoms with Crippen LogP contribution in [0.15, 0.2) is 76.7 Å². The van der Waals surface area contributed by atoms with Gasteiger partial charge in [0.1, 0.15) is 11.5 Å². The van der Waals surface area contributed by atoms with E-state index in [9.17, 15) is 4.79 Å². The Morgan fingerprint density at radius 2 is 1.61 bits per heavy atom. The largest absolute Gasteiger partial charge is 0.497 e. The van der Waals surface area contributed by atoms with Crippen LogP contribution in [0.2, 0.25) is 10.0 Å². The summed E-state index contributed by atoms with van der Waals surface area (Å²) in [5, 5.41) is 2.18. The zero-order chi connectivity index (χ0) is 21.8. The van der Waals surface area contributed by atoms with Gasteiger partial charge in [-0.15, -0.1) is 0 Å². The lowest BCUT2D eigenvalue weighted by Crippen LogP contribution is -2.22. The summed E-state index contributed by atoms with van der Waals surface area (Å²) in [7, 11) is 1.62. The fourth-order valence-electron chi connectivity index (χ4n) is 3.02. The molecule has 8 heteroatoms. The van der Waals surface area contributed by atoms with Crippen LogP contribution in [0.1, 0.15) is 0 Å². The number of rotatable bonds is 7. The van der Waals surface area contributed by atoms with E-state index in [0.717, 1.165) is 11.5 Å². The smallest absolute Gasteiger partial charge is 0.266 e. The van der Waals surface area contributed by atoms with E-state index < -0.39 is 0 Å². The van der Waals surface area contributed by atoms with Crippen molar-refractivity contribution in [3.8, 4) is 17.2 Å². The van der Waals surface area contributed by atoms with Crippen molar-refractivity contribution in [2.45, 2.75) is 5.16 Å². The van der Waals surface area contributed by atoms with E-state index in [2.05, 4.69) is 0 Å². The summed E-state index contributed by atoms with van der Waals surface area (Å²) in [5.74, 6) is 2.11. The topological polar surface area (TPSA) is 53.4 Å². The molecular weight excluding hydrogens is 455 g/mol. The first-order valence-corrected chi connectivity index (χ1v) is 11.2. The Hall–Kier alpha value is -2.67. The van der Waals surface area contributed by atoms with Crippen molar-refractivity contribution in [2.75, 3.05) is 19.5 Å². The number of fused-ring (bicyclic) bond motifs is 1. The summed E-state index contributed by atoms with van der Waals surface area (Å²) in [6, 6.07) is 19.6. The molecule has 0 unspecified atom stereocenters. The van der Waals surface area contributed by atoms with Crippen molar-refractivity contribution in [1.29, 1.82) is 0 Å². The zero-order valence-electron chi connectivity index (χ0n) is 16.5. The summed E-state index contributed by atoms with van der Waals surface area (Å²) < 4.78 is 12.5. The van der Waals surface area contributed by atoms with Gasteiger partial charge in [0.05, 0.1) is 30.3 Å². The molecule has 158 valence electrons. The molecule has 0 aliphatic carbocycles. The van der Waals surface area contributed by atoms with Crippen LogP contribution in [0.25, 0.3) is 16.6 Å². The highest BCUT2D eigenvalue weighted by molar-refractivity contribution is 7.99. The minimum absolute atomic E-state index is 0.164. The second kappa shape index (κ2) is 9.64. The van der Waals surface area contributed by atoms with Crippen molar-refractivity contribution in [2.24, 2.45) is 0 Å². The Labute approximate surface area is 193 Å². The Balaban J connectivity index is 1.60. The number of nitrogens with zero attached hydrogens (tertiary/aromatic N) is 2. The molecule has 0 bridgehead atoms. The maximum absolute atomic E-state index is 13.3. The van der Waals surface area contributed by atoms with Gasteiger partial charge in [-0.2, -0.15) is 0 Å². The van der Waals surface area contributed by atoms with Crippen LogP contribution in [0.4, 0.5) is 0 Å². The van der Waals surface area contributed by atoms with Gasteiger partial charge in [0.15, 0.2) is 5.16 Å². The highest BCUT2D eigenvalue weighted by Crippen LogP contribution is 2.24. The third-order valence-corrected chi connectivity index (χ3v) is 5.92. The highest BCUT2D eigenvalue weighted by Gasteiger charge is 2.14. The van der Waals surface area contributed by atoms with Gasteiger partial charge in [0, 0.05) is 15.8 Å². The van der Waals surface area contributed by atoms with E-state index in [-0.39, 0.29) is 5.56 Å². The normalized spacial score (nSPS) is 10.9. The number of ether oxygens (including phenoxy) is 2. The lowest BCUT2D eigenvalue weighted by Gasteiger charge is -2.14. The van der Waals surface area contributed by atoms with Gasteiger partial charge in [-0.25, -0.2) is 4.98 Å². The third kappa shape index (κ3) is 4.98. The minimum atomic E-state index is -0.164. The predicted molar refractivity (Wildman–Crippen MR) is 127 cm³/mol. The molecule has 0 N–H and O–H groups in total. The maximum atomic E-state index is 13.3. The van der Waals surface area contributed by atoms with Gasteiger partial charge in [0.25, 0.3) is 5.56 Å². The molecule has 1 heterocycles. The number of benzene rings is 3. The first kappa shape index (κ1) is 21.6. The number of halogens is 2. The first-order chi connectivity index (χ1) is 15.0. The van der Waals surface area contributed by atoms with Crippen molar-refractivity contribution in [3.05, 3.63) is 87.1 Å². The molecule has 1 aromatic heterocycles. The highest BCUT2D eigenvalue weighted by atomic mass is 35.5. The molecule has 0 amide bonds. The molecule has 0 spiro atoms. The Kier molecular flexibility index (Phi) is 6.70. The van der Waals surface area contributed by atoms with Gasteiger partial charge in [0.2, 0.25) is 0 Å². The number of hydrogen-bond donors (Lipinski definition) is 0. The molecule has 4 aromatic rings. The SMILES string of the molecule is COc1ccc(OCCSc2nc3cc(Cl)ccc3c(=O)n2-c2ccc(Cl)cc2)cc1. The Morgan fingerprint density at radius 3 is 2.32 bits per heavy atom. The fourth-order valence-corrected chi connectivity index (χ4v) is 4.14. The zero-order valence-corrected chi connectivity index (χ0v) is 18.9. The molecule has 0 atom stereocenters. The van der Waals surface area contributed by atoms with Crippen LogP contribution in [0.3, 0.4) is 0 Å². The van der Waals surface area contributed by atoms with Gasteiger partial charge in [-0.1, -0.05) is 35.0 Å². The summed E-state index contributed by atoms with van der Waals surface area (Å²) in [4.78, 5) is 18.0. The minimum Gasteiger partial charge on any atom is -0.497 e. The van der Waals surface area contributed by atoms with Crippen LogP contribution in [0, 0.1) is 0 Å². The number of thioether (sulfide) groups is 1. The van der Waals surface area contributed by atoms with Gasteiger partial charge < -0.3 is 9.47 Å². The molecule has 31 heavy (non-hydrogen) atoms. The van der Waals surface area contributed by atoms with Crippen LogP contribution in [0.5, 0.6) is 11.5 Å². The third-order valence-electron chi connectivity index (χ3n) is 4.53. The van der Waals surface area contributed by atoms with Crippen LogP contribution in [-0.2, 0) is 0 Å². The van der Waals surface area contributed by atoms with E-state index in [1.807, 2.05) is 24.3 Å². The fraction of sp³-hybridized carbons (Fsp3) is 0.130. The number of methoxy groups -OCH3 is 1. The molecular formula is C23H18Cl2N2O3S. The van der Waals surface area contributed by atoms with Gasteiger partial charge in [-0.3, -0.25) is 9.36 Å². The van der Waals surface area contributed by atoms with E-state index in [1.54, 1.807) is 54.1 Å². The quantitative estimate of drug-likeness (QED) is 0.191. The molecule has 0 fully saturated rings. The first-order valence-electron chi connectivity index (χ1n) is 9.43. The van der Waals surface area contributed by atoms with Crippen LogP contribution < -0.4 is 15.0 Å². The van der Waals surface area contributed by atoms with Crippen LogP contribution >= 0.6 is 35.0 Å². The molecule has 5 nitrogen and oxygen atoms in total. The van der Waals surface area contributed by atoms with Crippen LogP contribution in [-0.4, -0.2) is 29.0 Å². The monoisotopic (exact) mass is 472 g/mol. The average molecular weight is 473 g/mol. The second-order valence-electron chi connectivity index (χ2n) is 6.55. The van der Waals surface area contributed by atoms with E-state index >= 15 is 0 Å². The van der Waals surface area contributed by atoms with Crippen molar-refractivity contribution in [1.82, 2.24) is 9.55 Å². The molecule has 0 saturated heterocycles. The second-order valence-corrected chi connectivity index (χ2v) is 8.48. The van der Waals surface area contributed by atoms with E-state index in [0.29, 0.717) is 44.2 Å². The number of hydrogen-bond acceptors (Lipinski definition) is 5. The Morgan fingerprint density at radius 1 is 0.935 bits per heavy atom. The van der Waals surface area contributed by atoms with Crippen molar-refractivity contribution in [3.63, 3.8) is 0 Å². The molecule has 0 saturated carbocycles. The van der Waals surface area contributed by atoms with E-state index in [4.69, 9.17) is 37.7 Å². The summed E-state index contributed by atoms with van der Waals surface area (Å²) in [6.07, 6.45) is 0. The van der Waals surface area contributed by atoms with Gasteiger partial charge >= 0.3 is 0 Å². The maximum Gasteiger partial charge on any atom is 0.266 e. The standard InChI is InChI=1S/C23H18Cl2N2O3S/c1-29-18-7-9-19(10-8-18)30-12-13-31-23-26-21-14-16(25)4-11-20(21)22(28)27(23)17-5-2-15(24)3-6-17/h2-11,14H,12-13H2,1H3. The number of aromatic nitrogens is 2. The van der Waals surface area contributed by atoms with E-state index in [1.165, 1.54) is 11.8 Å². The van der Waals surface area contributed by atoms with Gasteiger partial charge in [-0.05, 0) is 66.7 Å². The van der Waals surface area contributed by atoms with Crippen molar-refractivity contribution < 1.29 is 9.47 Å². The molecule has 0 aliphatic heterocycles. The summed E-state index contributed by atoms with van der Waals surface area (Å²) in [6.45, 7) is 0.446. The predicted octanol–water partition coefficient (Wildman–Crippen LogP) is 5.87. The molecule has 3 aromatic carbocycles. The summed E-state index contributed by atoms with van der Waals surface area (Å²) >= 11 is 13.6.